The highest BCUT2D eigenvalue weighted by atomic mass is 16.3. The van der Waals surface area contributed by atoms with Crippen LogP contribution in [-0.4, -0.2) is 38.4 Å². The minimum atomic E-state index is -0.182. The number of amides is 2. The second kappa shape index (κ2) is 5.81. The Morgan fingerprint density at radius 3 is 3.04 bits per heavy atom. The predicted molar refractivity (Wildman–Crippen MR) is 83.6 cm³/mol. The Bertz CT molecular complexity index is 715. The van der Waals surface area contributed by atoms with Crippen molar-refractivity contribution in [3.05, 3.63) is 30.2 Å². The molecule has 0 saturated heterocycles. The van der Waals surface area contributed by atoms with E-state index >= 15 is 0 Å². The molecular weight excluding hydrogens is 294 g/mol. The number of aliphatic hydroxyl groups excluding tert-OH is 1. The summed E-state index contributed by atoms with van der Waals surface area (Å²) in [5.74, 6) is 1.29. The Morgan fingerprint density at radius 2 is 2.17 bits per heavy atom. The van der Waals surface area contributed by atoms with Crippen LogP contribution in [0.4, 0.5) is 4.79 Å². The maximum Gasteiger partial charge on any atom is 0.315 e. The largest absolute Gasteiger partial charge is 0.396 e. The molecule has 4 atom stereocenters. The van der Waals surface area contributed by atoms with E-state index in [4.69, 9.17) is 0 Å². The van der Waals surface area contributed by atoms with Gasteiger partial charge in [-0.1, -0.05) is 0 Å². The first kappa shape index (κ1) is 14.4. The molecular formula is C16H21N5O2. The predicted octanol–water partition coefficient (Wildman–Crippen LogP) is 0.935. The molecule has 0 spiro atoms. The number of carbonyl (C=O) groups is 1. The monoisotopic (exact) mass is 315 g/mol. The van der Waals surface area contributed by atoms with E-state index < -0.39 is 0 Å². The van der Waals surface area contributed by atoms with Gasteiger partial charge in [-0.3, -0.25) is 0 Å². The lowest BCUT2D eigenvalue weighted by Crippen LogP contribution is -2.49. The van der Waals surface area contributed by atoms with E-state index in [0.29, 0.717) is 18.4 Å². The molecule has 4 rings (SSSR count). The van der Waals surface area contributed by atoms with E-state index in [1.807, 2.05) is 12.1 Å². The Balaban J connectivity index is 1.38. The summed E-state index contributed by atoms with van der Waals surface area (Å²) in [5, 5.41) is 19.7. The Morgan fingerprint density at radius 1 is 1.30 bits per heavy atom. The molecule has 23 heavy (non-hydrogen) atoms. The molecule has 2 aromatic rings. The molecule has 0 aromatic carbocycles. The summed E-state index contributed by atoms with van der Waals surface area (Å²) < 4.78 is 1.72. The third-order valence-electron chi connectivity index (χ3n) is 5.40. The van der Waals surface area contributed by atoms with Crippen LogP contribution < -0.4 is 10.6 Å². The van der Waals surface area contributed by atoms with Crippen LogP contribution in [0.25, 0.3) is 5.65 Å². The molecule has 2 aliphatic rings. The minimum Gasteiger partial charge on any atom is -0.396 e. The van der Waals surface area contributed by atoms with Gasteiger partial charge >= 0.3 is 6.03 Å². The highest BCUT2D eigenvalue weighted by Crippen LogP contribution is 2.48. The number of fused-ring (bicyclic) bond motifs is 3. The summed E-state index contributed by atoms with van der Waals surface area (Å²) in [6.45, 7) is 0.543. The van der Waals surface area contributed by atoms with E-state index in [1.165, 1.54) is 6.42 Å². The molecule has 4 unspecified atom stereocenters. The van der Waals surface area contributed by atoms with Gasteiger partial charge < -0.3 is 15.7 Å². The molecule has 7 nitrogen and oxygen atoms in total. The van der Waals surface area contributed by atoms with Gasteiger partial charge in [0.2, 0.25) is 0 Å². The molecule has 2 fully saturated rings. The fourth-order valence-corrected chi connectivity index (χ4v) is 4.29. The smallest absolute Gasteiger partial charge is 0.315 e. The second-order valence-corrected chi connectivity index (χ2v) is 6.57. The topological polar surface area (TPSA) is 91.6 Å². The Labute approximate surface area is 134 Å². The molecule has 2 aliphatic carbocycles. The third-order valence-corrected chi connectivity index (χ3v) is 5.40. The van der Waals surface area contributed by atoms with Crippen molar-refractivity contribution in [2.45, 2.75) is 31.8 Å². The van der Waals surface area contributed by atoms with Gasteiger partial charge in [0.05, 0.1) is 18.4 Å². The zero-order valence-electron chi connectivity index (χ0n) is 12.9. The molecule has 3 N–H and O–H groups in total. The van der Waals surface area contributed by atoms with E-state index in [1.54, 1.807) is 16.9 Å². The van der Waals surface area contributed by atoms with Crippen LogP contribution in [0.15, 0.2) is 24.5 Å². The van der Waals surface area contributed by atoms with Gasteiger partial charge in [-0.05, 0) is 37.2 Å². The van der Waals surface area contributed by atoms with Crippen LogP contribution in [0.5, 0.6) is 0 Å². The van der Waals surface area contributed by atoms with Crippen molar-refractivity contribution < 1.29 is 9.90 Å². The molecule has 7 heteroatoms. The lowest BCUT2D eigenvalue weighted by molar-refractivity contribution is 0.144. The van der Waals surface area contributed by atoms with E-state index in [2.05, 4.69) is 20.7 Å². The van der Waals surface area contributed by atoms with Gasteiger partial charge in [0.25, 0.3) is 0 Å². The number of nitrogens with one attached hydrogen (secondary N) is 2. The van der Waals surface area contributed by atoms with E-state index in [0.717, 1.165) is 24.2 Å². The van der Waals surface area contributed by atoms with Crippen molar-refractivity contribution in [1.29, 1.82) is 0 Å². The fourth-order valence-electron chi connectivity index (χ4n) is 4.29. The average molecular weight is 315 g/mol. The van der Waals surface area contributed by atoms with Gasteiger partial charge in [-0.15, -0.1) is 0 Å². The maximum absolute atomic E-state index is 12.2. The Kier molecular flexibility index (Phi) is 3.65. The average Bonchev–Trinajstić information content (AvgIpc) is 3.28. The molecule has 122 valence electrons. The Hall–Kier alpha value is -2.15. The standard InChI is InChI=1S/C16H21N5O2/c22-9-13-10-1-2-11(7-10)15(13)20-16(23)18-8-12-3-5-17-14-4-6-19-21(12)14/h3-6,10-11,13,15,22H,1-2,7-9H2,(H2,18,20,23). The van der Waals surface area contributed by atoms with Gasteiger partial charge in [-0.25, -0.2) is 14.3 Å². The fraction of sp³-hybridized carbons (Fsp3) is 0.562. The number of nitrogens with zero attached hydrogens (tertiary/aromatic N) is 3. The molecule has 2 bridgehead atoms. The van der Waals surface area contributed by atoms with Crippen LogP contribution in [-0.2, 0) is 6.54 Å². The lowest BCUT2D eigenvalue weighted by atomic mass is 9.85. The first-order valence-corrected chi connectivity index (χ1v) is 8.19. The second-order valence-electron chi connectivity index (χ2n) is 6.57. The van der Waals surface area contributed by atoms with Crippen molar-refractivity contribution in [1.82, 2.24) is 25.2 Å². The van der Waals surface area contributed by atoms with Crippen molar-refractivity contribution in [2.75, 3.05) is 6.61 Å². The van der Waals surface area contributed by atoms with Crippen molar-refractivity contribution in [2.24, 2.45) is 17.8 Å². The normalized spacial score (nSPS) is 29.1. The van der Waals surface area contributed by atoms with Gasteiger partial charge in [0, 0.05) is 30.8 Å². The third kappa shape index (κ3) is 2.55. The molecule has 2 aromatic heterocycles. The van der Waals surface area contributed by atoms with Crippen molar-refractivity contribution in [3.8, 4) is 0 Å². The summed E-state index contributed by atoms with van der Waals surface area (Å²) in [6, 6.07) is 3.58. The van der Waals surface area contributed by atoms with Crippen molar-refractivity contribution in [3.63, 3.8) is 0 Å². The number of hydrogen-bond donors (Lipinski definition) is 3. The highest BCUT2D eigenvalue weighted by molar-refractivity contribution is 5.74. The van der Waals surface area contributed by atoms with Crippen LogP contribution in [0.2, 0.25) is 0 Å². The molecule has 0 aliphatic heterocycles. The highest BCUT2D eigenvalue weighted by Gasteiger charge is 2.47. The zero-order valence-corrected chi connectivity index (χ0v) is 12.9. The summed E-state index contributed by atoms with van der Waals surface area (Å²) in [5.41, 5.74) is 1.64. The van der Waals surface area contributed by atoms with Crippen LogP contribution >= 0.6 is 0 Å². The molecule has 2 amide bonds. The van der Waals surface area contributed by atoms with Crippen LogP contribution in [0.3, 0.4) is 0 Å². The van der Waals surface area contributed by atoms with Crippen molar-refractivity contribution >= 4 is 11.7 Å². The first-order valence-electron chi connectivity index (χ1n) is 8.19. The number of aliphatic hydroxyl groups is 1. The van der Waals surface area contributed by atoms with Gasteiger partial charge in [-0.2, -0.15) is 5.10 Å². The zero-order chi connectivity index (χ0) is 15.8. The van der Waals surface area contributed by atoms with Crippen LogP contribution in [0.1, 0.15) is 25.0 Å². The quantitative estimate of drug-likeness (QED) is 0.783. The minimum absolute atomic E-state index is 0.0981. The molecule has 0 radical (unpaired) electrons. The maximum atomic E-state index is 12.2. The lowest BCUT2D eigenvalue weighted by Gasteiger charge is -2.30. The number of carbonyl (C=O) groups excluding carboxylic acids is 1. The van der Waals surface area contributed by atoms with E-state index in [9.17, 15) is 9.90 Å². The summed E-state index contributed by atoms with van der Waals surface area (Å²) in [4.78, 5) is 16.4. The van der Waals surface area contributed by atoms with Crippen LogP contribution in [0, 0.1) is 17.8 Å². The summed E-state index contributed by atoms with van der Waals surface area (Å²) in [7, 11) is 0. The molecule has 2 heterocycles. The summed E-state index contributed by atoms with van der Waals surface area (Å²) in [6.07, 6.45) is 6.87. The summed E-state index contributed by atoms with van der Waals surface area (Å²) >= 11 is 0. The van der Waals surface area contributed by atoms with Gasteiger partial charge in [0.15, 0.2) is 5.65 Å². The van der Waals surface area contributed by atoms with Gasteiger partial charge in [0.1, 0.15) is 0 Å². The van der Waals surface area contributed by atoms with E-state index in [-0.39, 0.29) is 24.6 Å². The first-order chi connectivity index (χ1) is 11.3. The molecule has 2 saturated carbocycles. The SMILES string of the molecule is O=C(NCc1ccnc2ccnn12)NC1C2CCC(C2)C1CO. The number of urea groups is 1. The number of hydrogen-bond acceptors (Lipinski definition) is 4. The number of rotatable bonds is 4. The number of aromatic nitrogens is 3.